The molecule has 0 atom stereocenters. The highest BCUT2D eigenvalue weighted by molar-refractivity contribution is 6.09. The van der Waals surface area contributed by atoms with E-state index < -0.39 is 5.41 Å². The van der Waals surface area contributed by atoms with Crippen LogP contribution in [0.25, 0.3) is 10.8 Å². The van der Waals surface area contributed by atoms with Crippen molar-refractivity contribution < 1.29 is 9.59 Å². The third-order valence-corrected chi connectivity index (χ3v) is 3.16. The Hall–Kier alpha value is -2.36. The first kappa shape index (κ1) is 15.0. The lowest BCUT2D eigenvalue weighted by molar-refractivity contribution is -0.123. The van der Waals surface area contributed by atoms with Gasteiger partial charge in [-0.05, 0) is 12.1 Å². The highest BCUT2D eigenvalue weighted by atomic mass is 16.2. The first-order chi connectivity index (χ1) is 9.79. The van der Waals surface area contributed by atoms with Gasteiger partial charge in [-0.1, -0.05) is 45.0 Å². The third-order valence-electron chi connectivity index (χ3n) is 3.16. The Bertz CT molecular complexity index is 699. The van der Waals surface area contributed by atoms with E-state index in [0.717, 1.165) is 22.1 Å². The molecular formula is C17H20N2O2. The van der Waals surface area contributed by atoms with Crippen LogP contribution in [0.2, 0.25) is 0 Å². The van der Waals surface area contributed by atoms with Gasteiger partial charge in [0.1, 0.15) is 0 Å². The molecule has 4 nitrogen and oxygen atoms in total. The van der Waals surface area contributed by atoms with E-state index in [1.165, 1.54) is 6.92 Å². The average Bonchev–Trinajstić information content (AvgIpc) is 2.40. The van der Waals surface area contributed by atoms with Gasteiger partial charge in [0.25, 0.3) is 0 Å². The molecule has 2 rings (SSSR count). The minimum Gasteiger partial charge on any atom is -0.326 e. The van der Waals surface area contributed by atoms with Crippen LogP contribution in [0, 0.1) is 5.41 Å². The number of carbonyl (C=O) groups excluding carboxylic acids is 2. The number of nitrogens with one attached hydrogen (secondary N) is 2. The van der Waals surface area contributed by atoms with E-state index >= 15 is 0 Å². The lowest BCUT2D eigenvalue weighted by atomic mass is 9.95. The fraction of sp³-hybridized carbons (Fsp3) is 0.294. The molecule has 21 heavy (non-hydrogen) atoms. The second kappa shape index (κ2) is 5.56. The summed E-state index contributed by atoms with van der Waals surface area (Å²) in [5, 5.41) is 7.57. The van der Waals surface area contributed by atoms with Gasteiger partial charge in [-0.3, -0.25) is 9.59 Å². The van der Waals surface area contributed by atoms with Crippen LogP contribution in [0.1, 0.15) is 27.7 Å². The van der Waals surface area contributed by atoms with Crippen molar-refractivity contribution in [2.45, 2.75) is 27.7 Å². The van der Waals surface area contributed by atoms with Crippen molar-refractivity contribution in [1.82, 2.24) is 0 Å². The summed E-state index contributed by atoms with van der Waals surface area (Å²) in [5.74, 6) is -0.161. The summed E-state index contributed by atoms with van der Waals surface area (Å²) in [7, 11) is 0. The summed E-state index contributed by atoms with van der Waals surface area (Å²) < 4.78 is 0. The molecule has 0 aliphatic rings. The predicted octanol–water partition coefficient (Wildman–Crippen LogP) is 3.78. The zero-order valence-electron chi connectivity index (χ0n) is 12.8. The summed E-state index contributed by atoms with van der Waals surface area (Å²) in [5.41, 5.74) is 1.03. The number of hydrogen-bond donors (Lipinski definition) is 2. The molecule has 0 spiro atoms. The number of hydrogen-bond acceptors (Lipinski definition) is 2. The smallest absolute Gasteiger partial charge is 0.229 e. The van der Waals surface area contributed by atoms with Gasteiger partial charge in [-0.15, -0.1) is 0 Å². The Kier molecular flexibility index (Phi) is 3.98. The van der Waals surface area contributed by atoms with Crippen molar-refractivity contribution in [2.75, 3.05) is 10.6 Å². The molecule has 0 fully saturated rings. The van der Waals surface area contributed by atoms with Crippen LogP contribution in [-0.4, -0.2) is 11.8 Å². The van der Waals surface area contributed by atoms with Crippen molar-refractivity contribution >= 4 is 34.0 Å². The Morgan fingerprint density at radius 2 is 1.33 bits per heavy atom. The van der Waals surface area contributed by atoms with Crippen molar-refractivity contribution in [3.63, 3.8) is 0 Å². The van der Waals surface area contributed by atoms with E-state index in [1.54, 1.807) is 0 Å². The standard InChI is InChI=1S/C17H20N2O2/c1-11(20)18-14-9-10-15(19-16(21)17(2,3)4)13-8-6-5-7-12(13)14/h5-10H,1-4H3,(H,18,20)(H,19,21). The van der Waals surface area contributed by atoms with Crippen molar-refractivity contribution in [3.8, 4) is 0 Å². The van der Waals surface area contributed by atoms with Crippen LogP contribution in [0.3, 0.4) is 0 Å². The summed E-state index contributed by atoms with van der Waals surface area (Å²) in [6, 6.07) is 11.3. The molecule has 0 aromatic heterocycles. The summed E-state index contributed by atoms with van der Waals surface area (Å²) >= 11 is 0. The SMILES string of the molecule is CC(=O)Nc1ccc(NC(=O)C(C)(C)C)c2ccccc12. The number of amides is 2. The maximum Gasteiger partial charge on any atom is 0.229 e. The molecule has 4 heteroatoms. The number of anilines is 2. The minimum atomic E-state index is -0.461. The van der Waals surface area contributed by atoms with Gasteiger partial charge >= 0.3 is 0 Å². The Balaban J connectivity index is 2.48. The highest BCUT2D eigenvalue weighted by Gasteiger charge is 2.22. The van der Waals surface area contributed by atoms with Crippen LogP contribution in [0.15, 0.2) is 36.4 Å². The predicted molar refractivity (Wildman–Crippen MR) is 86.3 cm³/mol. The number of rotatable bonds is 2. The Morgan fingerprint density at radius 1 is 0.857 bits per heavy atom. The molecule has 110 valence electrons. The number of carbonyl (C=O) groups is 2. The molecule has 0 aliphatic carbocycles. The van der Waals surface area contributed by atoms with E-state index in [4.69, 9.17) is 0 Å². The maximum atomic E-state index is 12.2. The summed E-state index contributed by atoms with van der Waals surface area (Å²) in [6.07, 6.45) is 0. The number of fused-ring (bicyclic) bond motifs is 1. The fourth-order valence-electron chi connectivity index (χ4n) is 2.02. The third kappa shape index (κ3) is 3.40. The van der Waals surface area contributed by atoms with Crippen LogP contribution < -0.4 is 10.6 Å². The van der Waals surface area contributed by atoms with Crippen LogP contribution in [-0.2, 0) is 9.59 Å². The van der Waals surface area contributed by atoms with Crippen molar-refractivity contribution in [2.24, 2.45) is 5.41 Å². The Morgan fingerprint density at radius 3 is 1.76 bits per heavy atom. The zero-order chi connectivity index (χ0) is 15.6. The lowest BCUT2D eigenvalue weighted by Gasteiger charge is -2.19. The van der Waals surface area contributed by atoms with Crippen LogP contribution >= 0.6 is 0 Å². The average molecular weight is 284 g/mol. The fourth-order valence-corrected chi connectivity index (χ4v) is 2.02. The van der Waals surface area contributed by atoms with Gasteiger partial charge in [0.2, 0.25) is 11.8 Å². The van der Waals surface area contributed by atoms with Gasteiger partial charge in [0, 0.05) is 34.5 Å². The second-order valence-corrected chi connectivity index (χ2v) is 6.09. The minimum absolute atomic E-state index is 0.0417. The quantitative estimate of drug-likeness (QED) is 0.881. The molecule has 2 amide bonds. The van der Waals surface area contributed by atoms with Crippen molar-refractivity contribution in [1.29, 1.82) is 0 Å². The molecule has 0 saturated heterocycles. The lowest BCUT2D eigenvalue weighted by Crippen LogP contribution is -2.27. The highest BCUT2D eigenvalue weighted by Crippen LogP contribution is 2.31. The molecule has 0 saturated carbocycles. The molecule has 0 radical (unpaired) electrons. The van der Waals surface area contributed by atoms with Crippen LogP contribution in [0.4, 0.5) is 11.4 Å². The van der Waals surface area contributed by atoms with Gasteiger partial charge in [-0.25, -0.2) is 0 Å². The molecule has 0 bridgehead atoms. The summed E-state index contributed by atoms with van der Waals surface area (Å²) in [6.45, 7) is 7.09. The van der Waals surface area contributed by atoms with Crippen LogP contribution in [0.5, 0.6) is 0 Å². The molecule has 2 aromatic carbocycles. The summed E-state index contributed by atoms with van der Waals surface area (Å²) in [4.78, 5) is 23.4. The van der Waals surface area contributed by atoms with E-state index in [-0.39, 0.29) is 11.8 Å². The zero-order valence-corrected chi connectivity index (χ0v) is 12.8. The largest absolute Gasteiger partial charge is 0.326 e. The van der Waals surface area contributed by atoms with E-state index in [1.807, 2.05) is 57.2 Å². The van der Waals surface area contributed by atoms with Gasteiger partial charge in [0.15, 0.2) is 0 Å². The first-order valence-electron chi connectivity index (χ1n) is 6.90. The van der Waals surface area contributed by atoms with Gasteiger partial charge < -0.3 is 10.6 Å². The van der Waals surface area contributed by atoms with Crippen molar-refractivity contribution in [3.05, 3.63) is 36.4 Å². The molecular weight excluding hydrogens is 264 g/mol. The topological polar surface area (TPSA) is 58.2 Å². The maximum absolute atomic E-state index is 12.2. The molecule has 2 aromatic rings. The van der Waals surface area contributed by atoms with Gasteiger partial charge in [-0.2, -0.15) is 0 Å². The first-order valence-corrected chi connectivity index (χ1v) is 6.90. The monoisotopic (exact) mass is 284 g/mol. The van der Waals surface area contributed by atoms with Gasteiger partial charge in [0.05, 0.1) is 0 Å². The number of benzene rings is 2. The molecule has 0 heterocycles. The van der Waals surface area contributed by atoms with E-state index in [2.05, 4.69) is 10.6 Å². The second-order valence-electron chi connectivity index (χ2n) is 6.09. The van der Waals surface area contributed by atoms with E-state index in [9.17, 15) is 9.59 Å². The molecule has 0 unspecified atom stereocenters. The molecule has 2 N–H and O–H groups in total. The normalized spacial score (nSPS) is 11.2. The Labute approximate surface area is 124 Å². The molecule has 0 aliphatic heterocycles. The van der Waals surface area contributed by atoms with E-state index in [0.29, 0.717) is 0 Å².